The number of hydrogen-bond acceptors (Lipinski definition) is 4. The van der Waals surface area contributed by atoms with Crippen molar-refractivity contribution in [1.82, 2.24) is 15.6 Å². The first-order valence-electron chi connectivity index (χ1n) is 5.61. The van der Waals surface area contributed by atoms with Crippen LogP contribution in [0.3, 0.4) is 0 Å². The van der Waals surface area contributed by atoms with Crippen molar-refractivity contribution in [2.45, 2.75) is 38.3 Å². The van der Waals surface area contributed by atoms with E-state index < -0.39 is 0 Å². The zero-order valence-electron chi connectivity index (χ0n) is 9.25. The monoisotopic (exact) mass is 225 g/mol. The SMILES string of the molecule is CC1(CNCc2cscn2)CCCCN1. The number of nitrogens with zero attached hydrogens (tertiary/aromatic N) is 1. The Labute approximate surface area is 95.3 Å². The van der Waals surface area contributed by atoms with Gasteiger partial charge in [-0.2, -0.15) is 0 Å². The van der Waals surface area contributed by atoms with E-state index in [2.05, 4.69) is 27.9 Å². The molecule has 15 heavy (non-hydrogen) atoms. The first kappa shape index (κ1) is 11.0. The van der Waals surface area contributed by atoms with Crippen molar-refractivity contribution >= 4 is 11.3 Å². The fourth-order valence-electron chi connectivity index (χ4n) is 2.06. The van der Waals surface area contributed by atoms with E-state index in [0.29, 0.717) is 0 Å². The predicted molar refractivity (Wildman–Crippen MR) is 64.1 cm³/mol. The fourth-order valence-corrected chi connectivity index (χ4v) is 2.62. The van der Waals surface area contributed by atoms with Gasteiger partial charge in [0.15, 0.2) is 0 Å². The number of aromatic nitrogens is 1. The lowest BCUT2D eigenvalue weighted by Gasteiger charge is -2.35. The molecule has 1 aliphatic heterocycles. The second-order valence-electron chi connectivity index (χ2n) is 4.53. The molecule has 4 heteroatoms. The molecule has 1 fully saturated rings. The maximum absolute atomic E-state index is 4.26. The highest BCUT2D eigenvalue weighted by Gasteiger charge is 2.25. The fraction of sp³-hybridized carbons (Fsp3) is 0.727. The van der Waals surface area contributed by atoms with Crippen molar-refractivity contribution in [3.8, 4) is 0 Å². The Balaban J connectivity index is 1.72. The Bertz CT molecular complexity index is 278. The molecule has 1 aliphatic rings. The Hall–Kier alpha value is -0.450. The molecule has 0 saturated carbocycles. The summed E-state index contributed by atoms with van der Waals surface area (Å²) in [7, 11) is 0. The first-order valence-corrected chi connectivity index (χ1v) is 6.56. The van der Waals surface area contributed by atoms with Crippen molar-refractivity contribution in [2.75, 3.05) is 13.1 Å². The summed E-state index contributed by atoms with van der Waals surface area (Å²) in [6, 6.07) is 0. The molecule has 1 unspecified atom stereocenters. The molecule has 0 aromatic carbocycles. The van der Waals surface area contributed by atoms with E-state index in [4.69, 9.17) is 0 Å². The second-order valence-corrected chi connectivity index (χ2v) is 5.25. The molecule has 1 atom stereocenters. The molecule has 1 saturated heterocycles. The smallest absolute Gasteiger partial charge is 0.0795 e. The van der Waals surface area contributed by atoms with E-state index in [0.717, 1.165) is 25.3 Å². The van der Waals surface area contributed by atoms with E-state index >= 15 is 0 Å². The molecule has 1 aromatic rings. The summed E-state index contributed by atoms with van der Waals surface area (Å²) in [5.74, 6) is 0. The van der Waals surface area contributed by atoms with E-state index in [9.17, 15) is 0 Å². The van der Waals surface area contributed by atoms with Crippen LogP contribution in [0.25, 0.3) is 0 Å². The third-order valence-corrected chi connectivity index (χ3v) is 3.65. The average molecular weight is 225 g/mol. The highest BCUT2D eigenvalue weighted by molar-refractivity contribution is 7.07. The number of hydrogen-bond donors (Lipinski definition) is 2. The maximum atomic E-state index is 4.26. The van der Waals surface area contributed by atoms with Crippen molar-refractivity contribution in [3.63, 3.8) is 0 Å². The van der Waals surface area contributed by atoms with Crippen LogP contribution >= 0.6 is 11.3 Å². The molecule has 0 bridgehead atoms. The molecule has 3 nitrogen and oxygen atoms in total. The predicted octanol–water partition coefficient (Wildman–Crippen LogP) is 1.76. The van der Waals surface area contributed by atoms with E-state index in [-0.39, 0.29) is 5.54 Å². The van der Waals surface area contributed by atoms with Gasteiger partial charge >= 0.3 is 0 Å². The van der Waals surface area contributed by atoms with Crippen molar-refractivity contribution in [3.05, 3.63) is 16.6 Å². The Kier molecular flexibility index (Phi) is 3.72. The van der Waals surface area contributed by atoms with Gasteiger partial charge in [0.25, 0.3) is 0 Å². The van der Waals surface area contributed by atoms with Crippen molar-refractivity contribution in [1.29, 1.82) is 0 Å². The summed E-state index contributed by atoms with van der Waals surface area (Å²) in [6.07, 6.45) is 3.95. The zero-order chi connectivity index (χ0) is 10.6. The standard InChI is InChI=1S/C11H19N3S/c1-11(4-2-3-5-14-11)8-12-6-10-7-15-9-13-10/h7,9,12,14H,2-6,8H2,1H3. The lowest BCUT2D eigenvalue weighted by Crippen LogP contribution is -2.52. The average Bonchev–Trinajstić information content (AvgIpc) is 2.71. The minimum absolute atomic E-state index is 0.286. The normalized spacial score (nSPS) is 26.7. The number of nitrogens with one attached hydrogen (secondary N) is 2. The van der Waals surface area contributed by atoms with Crippen LogP contribution in [0, 0.1) is 0 Å². The highest BCUT2D eigenvalue weighted by atomic mass is 32.1. The van der Waals surface area contributed by atoms with Crippen LogP contribution in [-0.4, -0.2) is 23.6 Å². The lowest BCUT2D eigenvalue weighted by molar-refractivity contribution is 0.266. The van der Waals surface area contributed by atoms with Crippen LogP contribution in [0.4, 0.5) is 0 Å². The van der Waals surface area contributed by atoms with Crippen LogP contribution in [-0.2, 0) is 6.54 Å². The van der Waals surface area contributed by atoms with Gasteiger partial charge in [0.2, 0.25) is 0 Å². The molecule has 2 heterocycles. The van der Waals surface area contributed by atoms with Crippen LogP contribution in [0.15, 0.2) is 10.9 Å². The van der Waals surface area contributed by atoms with E-state index in [1.54, 1.807) is 11.3 Å². The summed E-state index contributed by atoms with van der Waals surface area (Å²) in [6.45, 7) is 5.39. The van der Waals surface area contributed by atoms with Gasteiger partial charge in [-0.15, -0.1) is 11.3 Å². The molecule has 0 amide bonds. The van der Waals surface area contributed by atoms with Crippen LogP contribution in [0.1, 0.15) is 31.9 Å². The quantitative estimate of drug-likeness (QED) is 0.820. The molecule has 84 valence electrons. The van der Waals surface area contributed by atoms with Crippen LogP contribution in [0.2, 0.25) is 0 Å². The van der Waals surface area contributed by atoms with Gasteiger partial charge < -0.3 is 10.6 Å². The number of piperidine rings is 1. The zero-order valence-corrected chi connectivity index (χ0v) is 10.1. The molecule has 0 radical (unpaired) electrons. The van der Waals surface area contributed by atoms with Gasteiger partial charge in [-0.25, -0.2) is 4.98 Å². The van der Waals surface area contributed by atoms with Crippen LogP contribution < -0.4 is 10.6 Å². The van der Waals surface area contributed by atoms with Gasteiger partial charge in [-0.3, -0.25) is 0 Å². The minimum Gasteiger partial charge on any atom is -0.310 e. The molecule has 0 aliphatic carbocycles. The minimum atomic E-state index is 0.286. The Morgan fingerprint density at radius 2 is 2.53 bits per heavy atom. The van der Waals surface area contributed by atoms with Crippen molar-refractivity contribution < 1.29 is 0 Å². The topological polar surface area (TPSA) is 37.0 Å². The van der Waals surface area contributed by atoms with Crippen molar-refractivity contribution in [2.24, 2.45) is 0 Å². The first-order chi connectivity index (χ1) is 7.29. The number of rotatable bonds is 4. The van der Waals surface area contributed by atoms with Gasteiger partial charge in [0, 0.05) is 24.0 Å². The van der Waals surface area contributed by atoms with Gasteiger partial charge in [0.05, 0.1) is 11.2 Å². The molecule has 2 N–H and O–H groups in total. The maximum Gasteiger partial charge on any atom is 0.0795 e. The lowest BCUT2D eigenvalue weighted by atomic mass is 9.91. The Morgan fingerprint density at radius 1 is 1.60 bits per heavy atom. The largest absolute Gasteiger partial charge is 0.310 e. The van der Waals surface area contributed by atoms with Gasteiger partial charge in [-0.05, 0) is 26.3 Å². The van der Waals surface area contributed by atoms with Gasteiger partial charge in [-0.1, -0.05) is 6.42 Å². The third kappa shape index (κ3) is 3.26. The summed E-state index contributed by atoms with van der Waals surface area (Å²) in [4.78, 5) is 4.26. The molecule has 2 rings (SSSR count). The summed E-state index contributed by atoms with van der Waals surface area (Å²) >= 11 is 1.66. The summed E-state index contributed by atoms with van der Waals surface area (Å²) < 4.78 is 0. The number of thiazole rings is 1. The summed E-state index contributed by atoms with van der Waals surface area (Å²) in [5.41, 5.74) is 3.32. The molecular weight excluding hydrogens is 206 g/mol. The highest BCUT2D eigenvalue weighted by Crippen LogP contribution is 2.17. The van der Waals surface area contributed by atoms with E-state index in [1.165, 1.54) is 19.3 Å². The van der Waals surface area contributed by atoms with Gasteiger partial charge in [0.1, 0.15) is 0 Å². The van der Waals surface area contributed by atoms with E-state index in [1.807, 2.05) is 5.51 Å². The Morgan fingerprint density at radius 3 is 3.20 bits per heavy atom. The molecule has 1 aromatic heterocycles. The summed E-state index contributed by atoms with van der Waals surface area (Å²) in [5, 5.41) is 9.18. The third-order valence-electron chi connectivity index (χ3n) is 3.01. The molecular formula is C11H19N3S. The second kappa shape index (κ2) is 5.05. The molecule has 0 spiro atoms. The van der Waals surface area contributed by atoms with Crippen LogP contribution in [0.5, 0.6) is 0 Å².